The zero-order valence-electron chi connectivity index (χ0n) is 11.1. The van der Waals surface area contributed by atoms with Crippen LogP contribution in [0.3, 0.4) is 0 Å². The Morgan fingerprint density at radius 1 is 1.30 bits per heavy atom. The van der Waals surface area contributed by atoms with Crippen LogP contribution in [0.5, 0.6) is 0 Å². The number of hydrogen-bond donors (Lipinski definition) is 1. The van der Waals surface area contributed by atoms with Crippen molar-refractivity contribution in [3.63, 3.8) is 0 Å². The molecule has 0 bridgehead atoms. The summed E-state index contributed by atoms with van der Waals surface area (Å²) >= 11 is 0. The topological polar surface area (TPSA) is 64.0 Å². The van der Waals surface area contributed by atoms with E-state index in [4.69, 9.17) is 0 Å². The van der Waals surface area contributed by atoms with Crippen molar-refractivity contribution in [2.75, 3.05) is 16.8 Å². The van der Waals surface area contributed by atoms with Crippen LogP contribution < -0.4 is 5.32 Å². The number of sulfone groups is 1. The second-order valence-electron chi connectivity index (χ2n) is 5.16. The van der Waals surface area contributed by atoms with Crippen LogP contribution in [-0.4, -0.2) is 35.7 Å². The van der Waals surface area contributed by atoms with Crippen LogP contribution in [-0.2, 0) is 16.4 Å². The summed E-state index contributed by atoms with van der Waals surface area (Å²) in [5.41, 5.74) is 2.06. The lowest BCUT2D eigenvalue weighted by Gasteiger charge is -2.09. The van der Waals surface area contributed by atoms with Gasteiger partial charge in [0.15, 0.2) is 9.84 Å². The summed E-state index contributed by atoms with van der Waals surface area (Å²) < 4.78 is 24.7. The van der Waals surface area contributed by atoms with Crippen molar-refractivity contribution < 1.29 is 8.42 Å². The van der Waals surface area contributed by atoms with Gasteiger partial charge < -0.3 is 5.32 Å². The van der Waals surface area contributed by atoms with E-state index in [1.807, 2.05) is 29.1 Å². The number of rotatable bonds is 4. The van der Waals surface area contributed by atoms with Gasteiger partial charge in [0.1, 0.15) is 0 Å². The highest BCUT2D eigenvalue weighted by Crippen LogP contribution is 2.17. The average molecular weight is 291 g/mol. The quantitative estimate of drug-likeness (QED) is 0.928. The zero-order valence-corrected chi connectivity index (χ0v) is 11.9. The summed E-state index contributed by atoms with van der Waals surface area (Å²) in [6.07, 6.45) is 4.33. The fraction of sp³-hybridized carbons (Fsp3) is 0.357. The molecule has 5 nitrogen and oxygen atoms in total. The number of nitrogens with one attached hydrogen (secondary N) is 1. The van der Waals surface area contributed by atoms with Crippen molar-refractivity contribution in [1.82, 2.24) is 9.78 Å². The monoisotopic (exact) mass is 291 g/mol. The molecule has 2 heterocycles. The molecule has 1 aromatic heterocycles. The summed E-state index contributed by atoms with van der Waals surface area (Å²) in [7, 11) is -2.85. The van der Waals surface area contributed by atoms with Gasteiger partial charge in [0.05, 0.1) is 29.9 Å². The minimum Gasteiger partial charge on any atom is -0.379 e. The van der Waals surface area contributed by atoms with E-state index >= 15 is 0 Å². The normalized spacial score (nSPS) is 20.9. The van der Waals surface area contributed by atoms with E-state index in [1.54, 1.807) is 6.20 Å². The molecule has 0 radical (unpaired) electrons. The molecule has 1 aliphatic heterocycles. The Labute approximate surface area is 118 Å². The molecule has 106 valence electrons. The Hall–Kier alpha value is -1.82. The molecule has 20 heavy (non-hydrogen) atoms. The molecule has 0 saturated carbocycles. The van der Waals surface area contributed by atoms with Gasteiger partial charge in [0, 0.05) is 12.2 Å². The van der Waals surface area contributed by atoms with Gasteiger partial charge in [-0.05, 0) is 12.0 Å². The lowest BCUT2D eigenvalue weighted by molar-refractivity contribution is 0.602. The molecule has 3 rings (SSSR count). The van der Waals surface area contributed by atoms with E-state index in [0.717, 1.165) is 5.69 Å². The third kappa shape index (κ3) is 3.19. The van der Waals surface area contributed by atoms with Crippen molar-refractivity contribution in [2.45, 2.75) is 19.0 Å². The molecule has 0 aliphatic carbocycles. The van der Waals surface area contributed by atoms with Crippen molar-refractivity contribution in [3.8, 4) is 0 Å². The van der Waals surface area contributed by atoms with Crippen LogP contribution in [0.4, 0.5) is 5.69 Å². The summed E-state index contributed by atoms with van der Waals surface area (Å²) in [4.78, 5) is 0. The first-order chi connectivity index (χ1) is 9.61. The Morgan fingerprint density at radius 2 is 2.10 bits per heavy atom. The first-order valence-corrected chi connectivity index (χ1v) is 8.46. The molecule has 0 amide bonds. The smallest absolute Gasteiger partial charge is 0.152 e. The summed E-state index contributed by atoms with van der Waals surface area (Å²) in [5.74, 6) is 0.500. The Morgan fingerprint density at radius 3 is 2.80 bits per heavy atom. The van der Waals surface area contributed by atoms with Crippen molar-refractivity contribution in [1.29, 1.82) is 0 Å². The molecule has 6 heteroatoms. The van der Waals surface area contributed by atoms with Crippen LogP contribution in [0.15, 0.2) is 42.7 Å². The van der Waals surface area contributed by atoms with E-state index < -0.39 is 9.84 Å². The van der Waals surface area contributed by atoms with Gasteiger partial charge in [-0.25, -0.2) is 8.42 Å². The molecule has 2 aromatic rings. The molecular formula is C14H17N3O2S. The average Bonchev–Trinajstić information content (AvgIpc) is 2.98. The number of anilines is 1. The minimum atomic E-state index is -2.85. The van der Waals surface area contributed by atoms with E-state index in [-0.39, 0.29) is 17.5 Å². The zero-order chi connectivity index (χ0) is 14.0. The number of benzene rings is 1. The van der Waals surface area contributed by atoms with Crippen molar-refractivity contribution in [2.24, 2.45) is 0 Å². The molecule has 0 spiro atoms. The molecule has 1 fully saturated rings. The lowest BCUT2D eigenvalue weighted by Crippen LogP contribution is -2.20. The fourth-order valence-electron chi connectivity index (χ4n) is 2.44. The van der Waals surface area contributed by atoms with Crippen LogP contribution >= 0.6 is 0 Å². The Balaban J connectivity index is 1.63. The predicted octanol–water partition coefficient (Wildman–Crippen LogP) is 1.53. The predicted molar refractivity (Wildman–Crippen MR) is 78.5 cm³/mol. The molecule has 1 saturated heterocycles. The van der Waals surface area contributed by atoms with Gasteiger partial charge in [0.25, 0.3) is 0 Å². The van der Waals surface area contributed by atoms with E-state index in [0.29, 0.717) is 13.0 Å². The lowest BCUT2D eigenvalue weighted by atomic mass is 10.2. The molecule has 1 atom stereocenters. The maximum Gasteiger partial charge on any atom is 0.152 e. The SMILES string of the molecule is O=S1(=O)CCC(Nc2cnn(Cc3ccccc3)c2)C1. The van der Waals surface area contributed by atoms with Gasteiger partial charge in [-0.1, -0.05) is 30.3 Å². The first-order valence-electron chi connectivity index (χ1n) is 6.64. The first kappa shape index (κ1) is 13.2. The Bertz CT molecular complexity index is 679. The van der Waals surface area contributed by atoms with Crippen LogP contribution in [0.2, 0.25) is 0 Å². The number of hydrogen-bond acceptors (Lipinski definition) is 4. The van der Waals surface area contributed by atoms with Gasteiger partial charge >= 0.3 is 0 Å². The molecular weight excluding hydrogens is 274 g/mol. The Kier molecular flexibility index (Phi) is 3.48. The van der Waals surface area contributed by atoms with Gasteiger partial charge in [-0.3, -0.25) is 4.68 Å². The van der Waals surface area contributed by atoms with Gasteiger partial charge in [-0.15, -0.1) is 0 Å². The second kappa shape index (κ2) is 5.28. The highest BCUT2D eigenvalue weighted by molar-refractivity contribution is 7.91. The van der Waals surface area contributed by atoms with Gasteiger partial charge in [-0.2, -0.15) is 5.10 Å². The number of nitrogens with zero attached hydrogens (tertiary/aromatic N) is 2. The maximum atomic E-state index is 11.4. The maximum absolute atomic E-state index is 11.4. The standard InChI is InChI=1S/C14H17N3O2S/c18-20(19)7-6-13(11-20)16-14-8-15-17(10-14)9-12-4-2-1-3-5-12/h1-5,8,10,13,16H,6-7,9,11H2. The number of aromatic nitrogens is 2. The van der Waals surface area contributed by atoms with Gasteiger partial charge in [0.2, 0.25) is 0 Å². The fourth-order valence-corrected chi connectivity index (χ4v) is 4.11. The molecule has 1 aliphatic rings. The van der Waals surface area contributed by atoms with E-state index in [1.165, 1.54) is 5.56 Å². The molecule has 1 N–H and O–H groups in total. The largest absolute Gasteiger partial charge is 0.379 e. The third-order valence-electron chi connectivity index (χ3n) is 3.42. The molecule has 1 unspecified atom stereocenters. The van der Waals surface area contributed by atoms with Crippen LogP contribution in [0.1, 0.15) is 12.0 Å². The second-order valence-corrected chi connectivity index (χ2v) is 7.39. The third-order valence-corrected chi connectivity index (χ3v) is 5.19. The minimum absolute atomic E-state index is 0.00868. The summed E-state index contributed by atoms with van der Waals surface area (Å²) in [6.45, 7) is 0.714. The highest BCUT2D eigenvalue weighted by Gasteiger charge is 2.27. The van der Waals surface area contributed by atoms with Crippen LogP contribution in [0, 0.1) is 0 Å². The van der Waals surface area contributed by atoms with E-state index in [2.05, 4.69) is 22.5 Å². The van der Waals surface area contributed by atoms with Crippen molar-refractivity contribution >= 4 is 15.5 Å². The van der Waals surface area contributed by atoms with Crippen molar-refractivity contribution in [3.05, 3.63) is 48.3 Å². The highest BCUT2D eigenvalue weighted by atomic mass is 32.2. The summed E-state index contributed by atoms with van der Waals surface area (Å²) in [5, 5.41) is 7.53. The summed E-state index contributed by atoms with van der Waals surface area (Å²) in [6, 6.07) is 10.1. The molecule has 1 aromatic carbocycles. The van der Waals surface area contributed by atoms with Crippen LogP contribution in [0.25, 0.3) is 0 Å². The van der Waals surface area contributed by atoms with E-state index in [9.17, 15) is 8.42 Å².